The van der Waals surface area contributed by atoms with Crippen LogP contribution in [-0.4, -0.2) is 24.6 Å². The smallest absolute Gasteiger partial charge is 0.139 e. The van der Waals surface area contributed by atoms with E-state index < -0.39 is 0 Å². The van der Waals surface area contributed by atoms with Gasteiger partial charge in [0.15, 0.2) is 0 Å². The molecule has 148 valence electrons. The summed E-state index contributed by atoms with van der Waals surface area (Å²) >= 11 is 0. The number of rotatable bonds is 6. The summed E-state index contributed by atoms with van der Waals surface area (Å²) < 4.78 is 5.43. The van der Waals surface area contributed by atoms with Crippen LogP contribution in [0.4, 0.5) is 0 Å². The highest BCUT2D eigenvalue weighted by atomic mass is 16.5. The number of aliphatic hydroxyl groups excluding tert-OH is 1. The van der Waals surface area contributed by atoms with Crippen LogP contribution in [0.1, 0.15) is 75.3 Å². The minimum atomic E-state index is -0.0905. The molecule has 4 rings (SSSR count). The van der Waals surface area contributed by atoms with Gasteiger partial charge in [0.1, 0.15) is 11.5 Å². The standard InChI is InChI=1S/C24H34O3/c1-24-12-11-20-19-10-8-18(27-2)14-16(19)7-9-21(20)23(24)17(15-22(24)26)6-4-3-5-13-25/h8,10,14,17,20-21,23,25H,3-7,9,11-13,15H2,1-2H3/t17-,20-,21-,23+,24-/m1/s1. The van der Waals surface area contributed by atoms with Gasteiger partial charge in [-0.2, -0.15) is 0 Å². The van der Waals surface area contributed by atoms with E-state index >= 15 is 0 Å². The lowest BCUT2D eigenvalue weighted by atomic mass is 9.54. The minimum Gasteiger partial charge on any atom is -0.497 e. The summed E-state index contributed by atoms with van der Waals surface area (Å²) in [6, 6.07) is 6.63. The van der Waals surface area contributed by atoms with Gasteiger partial charge in [-0.3, -0.25) is 4.79 Å². The fourth-order valence-electron chi connectivity index (χ4n) is 6.71. The lowest BCUT2D eigenvalue weighted by Crippen LogP contribution is -2.44. The number of aryl methyl sites for hydroxylation is 1. The molecule has 0 saturated heterocycles. The number of ketones is 1. The number of Topliss-reactive ketones (excluding diaryl/α,β-unsaturated/α-hetero) is 1. The number of carbonyl (C=O) groups is 1. The number of hydrogen-bond acceptors (Lipinski definition) is 3. The third-order valence-corrected chi connectivity index (χ3v) is 8.01. The predicted octanol–water partition coefficient (Wildman–Crippen LogP) is 4.90. The molecule has 0 heterocycles. The maximum absolute atomic E-state index is 13.0. The van der Waals surface area contributed by atoms with Crippen molar-refractivity contribution in [2.45, 2.75) is 70.6 Å². The molecule has 1 N–H and O–H groups in total. The Balaban J connectivity index is 1.58. The Morgan fingerprint density at radius 2 is 2.07 bits per heavy atom. The number of carbonyl (C=O) groups excluding carboxylic acids is 1. The van der Waals surface area contributed by atoms with Gasteiger partial charge in [0.05, 0.1) is 7.11 Å². The fourth-order valence-corrected chi connectivity index (χ4v) is 6.71. The topological polar surface area (TPSA) is 46.5 Å². The Hall–Kier alpha value is -1.35. The molecule has 2 fully saturated rings. The summed E-state index contributed by atoms with van der Waals surface area (Å²) in [5, 5.41) is 9.05. The van der Waals surface area contributed by atoms with Gasteiger partial charge in [-0.05, 0) is 85.5 Å². The van der Waals surface area contributed by atoms with Gasteiger partial charge in [-0.1, -0.05) is 25.8 Å². The lowest BCUT2D eigenvalue weighted by Gasteiger charge is -2.50. The van der Waals surface area contributed by atoms with Crippen LogP contribution < -0.4 is 4.74 Å². The quantitative estimate of drug-likeness (QED) is 0.725. The van der Waals surface area contributed by atoms with Crippen LogP contribution in [0.3, 0.4) is 0 Å². The highest BCUT2D eigenvalue weighted by Gasteiger charge is 2.58. The molecule has 1 aromatic carbocycles. The van der Waals surface area contributed by atoms with Crippen LogP contribution in [0, 0.1) is 23.2 Å². The summed E-state index contributed by atoms with van der Waals surface area (Å²) in [5.41, 5.74) is 2.89. The van der Waals surface area contributed by atoms with Crippen LogP contribution in [0.15, 0.2) is 18.2 Å². The van der Waals surface area contributed by atoms with Crippen molar-refractivity contribution in [3.05, 3.63) is 29.3 Å². The molecule has 3 heteroatoms. The van der Waals surface area contributed by atoms with Crippen molar-refractivity contribution in [1.82, 2.24) is 0 Å². The van der Waals surface area contributed by atoms with Gasteiger partial charge in [0.2, 0.25) is 0 Å². The average molecular weight is 371 g/mol. The van der Waals surface area contributed by atoms with E-state index in [9.17, 15) is 4.79 Å². The Morgan fingerprint density at radius 3 is 2.85 bits per heavy atom. The van der Waals surface area contributed by atoms with E-state index in [2.05, 4.69) is 25.1 Å². The Kier molecular flexibility index (Phi) is 5.33. The van der Waals surface area contributed by atoms with E-state index in [1.165, 1.54) is 17.5 Å². The molecule has 2 saturated carbocycles. The largest absolute Gasteiger partial charge is 0.497 e. The van der Waals surface area contributed by atoms with Crippen LogP contribution in [0.2, 0.25) is 0 Å². The highest BCUT2D eigenvalue weighted by molar-refractivity contribution is 5.87. The molecular weight excluding hydrogens is 336 g/mol. The molecule has 0 unspecified atom stereocenters. The van der Waals surface area contributed by atoms with Gasteiger partial charge in [-0.25, -0.2) is 0 Å². The summed E-state index contributed by atoms with van der Waals surface area (Å²) in [6.07, 6.45) is 9.61. The predicted molar refractivity (Wildman–Crippen MR) is 107 cm³/mol. The number of hydrogen-bond donors (Lipinski definition) is 1. The molecule has 3 aliphatic rings. The number of benzene rings is 1. The Bertz CT molecular complexity index is 697. The zero-order chi connectivity index (χ0) is 19.0. The molecule has 3 nitrogen and oxygen atoms in total. The molecule has 0 aromatic heterocycles. The van der Waals surface area contributed by atoms with E-state index in [1.807, 2.05) is 0 Å². The first-order valence-electron chi connectivity index (χ1n) is 10.9. The van der Waals surface area contributed by atoms with E-state index in [1.54, 1.807) is 7.11 Å². The minimum absolute atomic E-state index is 0.0905. The highest BCUT2D eigenvalue weighted by Crippen LogP contribution is 2.62. The number of ether oxygens (including phenoxy) is 1. The van der Waals surface area contributed by atoms with Crippen molar-refractivity contribution in [3.63, 3.8) is 0 Å². The van der Waals surface area contributed by atoms with Crippen LogP contribution in [0.25, 0.3) is 0 Å². The number of aliphatic hydroxyl groups is 1. The van der Waals surface area contributed by atoms with Gasteiger partial charge < -0.3 is 9.84 Å². The summed E-state index contributed by atoms with van der Waals surface area (Å²) in [7, 11) is 1.74. The summed E-state index contributed by atoms with van der Waals surface area (Å²) in [5.74, 6) is 3.86. The lowest BCUT2D eigenvalue weighted by molar-refractivity contribution is -0.129. The maximum Gasteiger partial charge on any atom is 0.139 e. The monoisotopic (exact) mass is 370 g/mol. The molecule has 27 heavy (non-hydrogen) atoms. The number of methoxy groups -OCH3 is 1. The van der Waals surface area contributed by atoms with Crippen LogP contribution in [0.5, 0.6) is 5.75 Å². The zero-order valence-electron chi connectivity index (χ0n) is 16.9. The molecule has 0 aliphatic heterocycles. The van der Waals surface area contributed by atoms with Crippen molar-refractivity contribution in [1.29, 1.82) is 0 Å². The van der Waals surface area contributed by atoms with Crippen molar-refractivity contribution in [2.24, 2.45) is 23.2 Å². The van der Waals surface area contributed by atoms with Crippen molar-refractivity contribution in [3.8, 4) is 5.75 Å². The average Bonchev–Trinajstić information content (AvgIpc) is 2.95. The molecule has 5 atom stereocenters. The molecule has 1 aromatic rings. The fraction of sp³-hybridized carbons (Fsp3) is 0.708. The van der Waals surface area contributed by atoms with Gasteiger partial charge >= 0.3 is 0 Å². The summed E-state index contributed by atoms with van der Waals surface area (Å²) in [4.78, 5) is 13.0. The van der Waals surface area contributed by atoms with Crippen LogP contribution in [-0.2, 0) is 11.2 Å². The Morgan fingerprint density at radius 1 is 1.22 bits per heavy atom. The molecule has 0 radical (unpaired) electrons. The van der Waals surface area contributed by atoms with E-state index in [0.717, 1.165) is 57.1 Å². The third-order valence-electron chi connectivity index (χ3n) is 8.01. The van der Waals surface area contributed by atoms with E-state index in [-0.39, 0.29) is 12.0 Å². The second-order valence-electron chi connectivity index (χ2n) is 9.32. The molecule has 0 bridgehead atoms. The van der Waals surface area contributed by atoms with Crippen molar-refractivity contribution in [2.75, 3.05) is 13.7 Å². The van der Waals surface area contributed by atoms with Gasteiger partial charge in [0.25, 0.3) is 0 Å². The van der Waals surface area contributed by atoms with Crippen molar-refractivity contribution < 1.29 is 14.6 Å². The van der Waals surface area contributed by atoms with E-state index in [4.69, 9.17) is 9.84 Å². The Labute approximate surface area is 163 Å². The zero-order valence-corrected chi connectivity index (χ0v) is 16.9. The first kappa shape index (κ1) is 19.0. The first-order chi connectivity index (χ1) is 13.1. The summed E-state index contributed by atoms with van der Waals surface area (Å²) in [6.45, 7) is 2.56. The molecule has 0 spiro atoms. The number of fused-ring (bicyclic) bond motifs is 5. The van der Waals surface area contributed by atoms with E-state index in [0.29, 0.717) is 29.5 Å². The first-order valence-corrected chi connectivity index (χ1v) is 10.9. The van der Waals surface area contributed by atoms with Crippen molar-refractivity contribution >= 4 is 5.78 Å². The van der Waals surface area contributed by atoms with Crippen LogP contribution >= 0.6 is 0 Å². The maximum atomic E-state index is 13.0. The third kappa shape index (κ3) is 3.22. The number of unbranched alkanes of at least 4 members (excludes halogenated alkanes) is 2. The second kappa shape index (κ2) is 7.58. The SMILES string of the molecule is COc1ccc2c(c1)CC[C@H]1[C@@H]3[C@H](CCCCCO)CC(=O)[C@@]3(C)CC[C@H]21. The molecule has 3 aliphatic carbocycles. The normalized spacial score (nSPS) is 34.7. The van der Waals surface area contributed by atoms with Gasteiger partial charge in [0, 0.05) is 18.4 Å². The molecular formula is C24H34O3. The van der Waals surface area contributed by atoms with Gasteiger partial charge in [-0.15, -0.1) is 0 Å². The molecule has 0 amide bonds. The second-order valence-corrected chi connectivity index (χ2v) is 9.32.